The summed E-state index contributed by atoms with van der Waals surface area (Å²) in [5, 5.41) is 9.36. The SMILES string of the molecule is C[C@@H](O)CCC(=O)c1cc(-c2cc(C(F)(F)F)cc3c2C=NC3)c(=O)n(C)c1. The summed E-state index contributed by atoms with van der Waals surface area (Å²) in [5.74, 6) is -0.296. The van der Waals surface area contributed by atoms with E-state index in [4.69, 9.17) is 0 Å². The van der Waals surface area contributed by atoms with E-state index in [-0.39, 0.29) is 41.9 Å². The molecule has 0 saturated heterocycles. The number of carbonyl (C=O) groups is 1. The van der Waals surface area contributed by atoms with E-state index in [1.165, 1.54) is 30.1 Å². The molecule has 1 aliphatic heterocycles. The standard InChI is InChI=1S/C20H19F3N2O3/c1-11(26)3-4-18(27)13-6-16(19(28)25(2)10-13)15-7-14(20(21,22)23)5-12-8-24-9-17(12)15/h5-7,9-11,26H,3-4,8H2,1-2H3/t11-/m1/s1. The van der Waals surface area contributed by atoms with Crippen LogP contribution in [0.4, 0.5) is 13.2 Å². The van der Waals surface area contributed by atoms with Gasteiger partial charge in [0.25, 0.3) is 5.56 Å². The van der Waals surface area contributed by atoms with Crippen molar-refractivity contribution in [3.63, 3.8) is 0 Å². The number of pyridine rings is 1. The minimum Gasteiger partial charge on any atom is -0.393 e. The monoisotopic (exact) mass is 392 g/mol. The molecule has 1 atom stereocenters. The second-order valence-electron chi connectivity index (χ2n) is 6.93. The van der Waals surface area contributed by atoms with Crippen LogP contribution in [0.25, 0.3) is 11.1 Å². The highest BCUT2D eigenvalue weighted by Gasteiger charge is 2.33. The summed E-state index contributed by atoms with van der Waals surface area (Å²) >= 11 is 0. The molecule has 0 radical (unpaired) electrons. The fourth-order valence-electron chi connectivity index (χ4n) is 3.16. The summed E-state index contributed by atoms with van der Waals surface area (Å²) in [6.07, 6.45) is -2.09. The first-order valence-electron chi connectivity index (χ1n) is 8.74. The number of aryl methyl sites for hydroxylation is 1. The van der Waals surface area contributed by atoms with E-state index in [1.54, 1.807) is 6.92 Å². The summed E-state index contributed by atoms with van der Waals surface area (Å²) in [6, 6.07) is 3.29. The van der Waals surface area contributed by atoms with Gasteiger partial charge in [0.05, 0.1) is 18.2 Å². The van der Waals surface area contributed by atoms with Gasteiger partial charge >= 0.3 is 6.18 Å². The third kappa shape index (κ3) is 3.91. The van der Waals surface area contributed by atoms with Gasteiger partial charge in [0.2, 0.25) is 0 Å². The van der Waals surface area contributed by atoms with E-state index in [9.17, 15) is 27.9 Å². The Morgan fingerprint density at radius 2 is 2.00 bits per heavy atom. The average Bonchev–Trinajstić information content (AvgIpc) is 3.09. The van der Waals surface area contributed by atoms with Crippen molar-refractivity contribution < 1.29 is 23.1 Å². The van der Waals surface area contributed by atoms with Gasteiger partial charge in [-0.25, -0.2) is 0 Å². The van der Waals surface area contributed by atoms with Crippen LogP contribution in [0.1, 0.15) is 46.8 Å². The number of hydrogen-bond donors (Lipinski definition) is 1. The third-order valence-corrected chi connectivity index (χ3v) is 4.66. The minimum atomic E-state index is -4.57. The Hall–Kier alpha value is -2.74. The Balaban J connectivity index is 2.16. The number of aromatic nitrogens is 1. The van der Waals surface area contributed by atoms with Crippen molar-refractivity contribution in [2.75, 3.05) is 0 Å². The lowest BCUT2D eigenvalue weighted by molar-refractivity contribution is -0.137. The minimum absolute atomic E-state index is 0.0149. The van der Waals surface area contributed by atoms with Gasteiger partial charge in [-0.05, 0) is 42.7 Å². The van der Waals surface area contributed by atoms with Crippen LogP contribution in [0, 0.1) is 0 Å². The molecule has 1 aliphatic rings. The van der Waals surface area contributed by atoms with Gasteiger partial charge in [-0.3, -0.25) is 14.6 Å². The van der Waals surface area contributed by atoms with E-state index < -0.39 is 23.4 Å². The normalized spacial score (nSPS) is 14.2. The fourth-order valence-corrected chi connectivity index (χ4v) is 3.16. The van der Waals surface area contributed by atoms with Crippen LogP contribution >= 0.6 is 0 Å². The lowest BCUT2D eigenvalue weighted by atomic mass is 9.93. The first-order chi connectivity index (χ1) is 13.1. The van der Waals surface area contributed by atoms with E-state index in [0.29, 0.717) is 11.1 Å². The molecule has 0 saturated carbocycles. The molecule has 1 aromatic carbocycles. The Morgan fingerprint density at radius 3 is 2.64 bits per heavy atom. The lowest BCUT2D eigenvalue weighted by Gasteiger charge is -2.14. The number of halogens is 3. The summed E-state index contributed by atoms with van der Waals surface area (Å²) in [7, 11) is 1.44. The maximum atomic E-state index is 13.3. The van der Waals surface area contributed by atoms with Crippen molar-refractivity contribution in [1.29, 1.82) is 0 Å². The van der Waals surface area contributed by atoms with Crippen molar-refractivity contribution in [2.24, 2.45) is 12.0 Å². The zero-order valence-electron chi connectivity index (χ0n) is 15.4. The number of ketones is 1. The van der Waals surface area contributed by atoms with Gasteiger partial charge in [0.1, 0.15) is 0 Å². The lowest BCUT2D eigenvalue weighted by Crippen LogP contribution is -2.21. The molecule has 1 N–H and O–H groups in total. The van der Waals surface area contributed by atoms with Gasteiger partial charge in [0, 0.05) is 42.6 Å². The Labute approximate surface area is 159 Å². The van der Waals surface area contributed by atoms with Gasteiger partial charge in [-0.15, -0.1) is 0 Å². The number of rotatable bonds is 5. The molecular formula is C20H19F3N2O3. The van der Waals surface area contributed by atoms with Crippen molar-refractivity contribution in [3.8, 4) is 11.1 Å². The molecular weight excluding hydrogens is 373 g/mol. The molecule has 3 rings (SSSR count). The van der Waals surface area contributed by atoms with Crippen LogP contribution in [-0.4, -0.2) is 27.8 Å². The Bertz CT molecular complexity index is 1020. The molecule has 5 nitrogen and oxygen atoms in total. The molecule has 0 fully saturated rings. The summed E-state index contributed by atoms with van der Waals surface area (Å²) < 4.78 is 41.1. The topological polar surface area (TPSA) is 71.7 Å². The van der Waals surface area contributed by atoms with Crippen LogP contribution in [0.5, 0.6) is 0 Å². The molecule has 148 valence electrons. The number of carbonyl (C=O) groups excluding carboxylic acids is 1. The van der Waals surface area contributed by atoms with E-state index in [2.05, 4.69) is 4.99 Å². The highest BCUT2D eigenvalue weighted by atomic mass is 19.4. The molecule has 8 heteroatoms. The summed E-state index contributed by atoms with van der Waals surface area (Å²) in [5.41, 5.74) is -0.193. The van der Waals surface area contributed by atoms with Crippen LogP contribution in [-0.2, 0) is 19.8 Å². The maximum Gasteiger partial charge on any atom is 0.416 e. The number of aliphatic imine (C=N–C) groups is 1. The quantitative estimate of drug-likeness (QED) is 0.794. The number of aliphatic hydroxyl groups excluding tert-OH is 1. The molecule has 0 spiro atoms. The number of aliphatic hydroxyl groups is 1. The molecule has 0 bridgehead atoms. The second kappa shape index (κ2) is 7.35. The molecule has 0 aliphatic carbocycles. The van der Waals surface area contributed by atoms with Crippen LogP contribution < -0.4 is 5.56 Å². The van der Waals surface area contributed by atoms with Crippen molar-refractivity contribution in [2.45, 2.75) is 38.6 Å². The van der Waals surface area contributed by atoms with E-state index >= 15 is 0 Å². The summed E-state index contributed by atoms with van der Waals surface area (Å²) in [4.78, 5) is 29.1. The zero-order chi connectivity index (χ0) is 20.6. The number of Topliss-reactive ketones (excluding diaryl/α,β-unsaturated/α-hetero) is 1. The van der Waals surface area contributed by atoms with Gasteiger partial charge in [-0.2, -0.15) is 13.2 Å². The van der Waals surface area contributed by atoms with Crippen molar-refractivity contribution in [3.05, 3.63) is 57.0 Å². The average molecular weight is 392 g/mol. The van der Waals surface area contributed by atoms with Crippen LogP contribution in [0.2, 0.25) is 0 Å². The van der Waals surface area contributed by atoms with E-state index in [0.717, 1.165) is 12.1 Å². The molecule has 1 aromatic heterocycles. The third-order valence-electron chi connectivity index (χ3n) is 4.66. The van der Waals surface area contributed by atoms with Gasteiger partial charge in [-0.1, -0.05) is 0 Å². The largest absolute Gasteiger partial charge is 0.416 e. The molecule has 28 heavy (non-hydrogen) atoms. The molecule has 0 unspecified atom stereocenters. The predicted octanol–water partition coefficient (Wildman–Crippen LogP) is 3.35. The number of hydrogen-bond acceptors (Lipinski definition) is 4. The first kappa shape index (κ1) is 20.0. The molecule has 2 aromatic rings. The number of benzene rings is 1. The van der Waals surface area contributed by atoms with Gasteiger partial charge in [0.15, 0.2) is 5.78 Å². The van der Waals surface area contributed by atoms with Crippen molar-refractivity contribution in [1.82, 2.24) is 4.57 Å². The van der Waals surface area contributed by atoms with Crippen molar-refractivity contribution >= 4 is 12.0 Å². The molecule has 2 heterocycles. The maximum absolute atomic E-state index is 13.3. The highest BCUT2D eigenvalue weighted by molar-refractivity contribution is 5.99. The number of fused-ring (bicyclic) bond motifs is 1. The van der Waals surface area contributed by atoms with Crippen LogP contribution in [0.15, 0.2) is 34.2 Å². The predicted molar refractivity (Wildman–Crippen MR) is 98.7 cm³/mol. The zero-order valence-corrected chi connectivity index (χ0v) is 15.4. The van der Waals surface area contributed by atoms with Gasteiger partial charge < -0.3 is 9.67 Å². The smallest absolute Gasteiger partial charge is 0.393 e. The highest BCUT2D eigenvalue weighted by Crippen LogP contribution is 2.36. The Kier molecular flexibility index (Phi) is 5.25. The fraction of sp³-hybridized carbons (Fsp3) is 0.350. The first-order valence-corrected chi connectivity index (χ1v) is 8.74. The number of alkyl halides is 3. The molecule has 0 amide bonds. The van der Waals surface area contributed by atoms with E-state index in [1.807, 2.05) is 0 Å². The number of nitrogens with zero attached hydrogens (tertiary/aromatic N) is 2. The Morgan fingerprint density at radius 1 is 1.29 bits per heavy atom. The second-order valence-corrected chi connectivity index (χ2v) is 6.93. The van der Waals surface area contributed by atoms with Crippen LogP contribution in [0.3, 0.4) is 0 Å². The summed E-state index contributed by atoms with van der Waals surface area (Å²) in [6.45, 7) is 1.67.